The lowest BCUT2D eigenvalue weighted by Gasteiger charge is -2.35. The van der Waals surface area contributed by atoms with E-state index < -0.39 is 0 Å². The summed E-state index contributed by atoms with van der Waals surface area (Å²) in [6.07, 6.45) is 13.3. The Morgan fingerprint density at radius 1 is 1.07 bits per heavy atom. The Kier molecular flexibility index (Phi) is 4.04. The van der Waals surface area contributed by atoms with Crippen molar-refractivity contribution in [1.82, 2.24) is 0 Å². The van der Waals surface area contributed by atoms with E-state index in [-0.39, 0.29) is 5.54 Å². The molecule has 1 saturated carbocycles. The van der Waals surface area contributed by atoms with Crippen LogP contribution in [0.1, 0.15) is 64.2 Å². The van der Waals surface area contributed by atoms with Crippen LogP contribution in [-0.4, -0.2) is 18.2 Å². The number of ether oxygens (including phenoxy) is 1. The van der Waals surface area contributed by atoms with Crippen molar-refractivity contribution < 1.29 is 4.74 Å². The van der Waals surface area contributed by atoms with Gasteiger partial charge in [0.2, 0.25) is 0 Å². The summed E-state index contributed by atoms with van der Waals surface area (Å²) in [6, 6.07) is 0. The van der Waals surface area contributed by atoms with E-state index in [0.717, 1.165) is 6.61 Å². The number of rotatable bonds is 3. The van der Waals surface area contributed by atoms with Gasteiger partial charge in [-0.3, -0.25) is 0 Å². The Balaban J connectivity index is 1.70. The third-order valence-electron chi connectivity index (χ3n) is 4.09. The second kappa shape index (κ2) is 5.31. The summed E-state index contributed by atoms with van der Waals surface area (Å²) in [5.74, 6) is 0. The van der Waals surface area contributed by atoms with Gasteiger partial charge in [0.25, 0.3) is 0 Å². The van der Waals surface area contributed by atoms with E-state index in [1.807, 2.05) is 0 Å². The lowest BCUT2D eigenvalue weighted by molar-refractivity contribution is 0.00528. The summed E-state index contributed by atoms with van der Waals surface area (Å²) in [7, 11) is 0. The van der Waals surface area contributed by atoms with Crippen LogP contribution in [0.4, 0.5) is 0 Å². The Hall–Kier alpha value is -0.0800. The molecule has 2 aliphatic rings. The highest BCUT2D eigenvalue weighted by Crippen LogP contribution is 2.31. The molecular formula is C13H25NO. The minimum atomic E-state index is 0.152. The van der Waals surface area contributed by atoms with Crippen molar-refractivity contribution in [2.24, 2.45) is 5.73 Å². The topological polar surface area (TPSA) is 35.2 Å². The molecule has 1 heterocycles. The van der Waals surface area contributed by atoms with Crippen molar-refractivity contribution >= 4 is 0 Å². The maximum Gasteiger partial charge on any atom is 0.0575 e. The third kappa shape index (κ3) is 3.46. The molecule has 2 nitrogen and oxygen atoms in total. The molecule has 0 aromatic rings. The summed E-state index contributed by atoms with van der Waals surface area (Å²) in [5.41, 5.74) is 6.57. The Morgan fingerprint density at radius 3 is 2.53 bits per heavy atom. The Labute approximate surface area is 93.6 Å². The molecule has 0 spiro atoms. The van der Waals surface area contributed by atoms with Crippen molar-refractivity contribution in [2.45, 2.75) is 75.9 Å². The van der Waals surface area contributed by atoms with E-state index in [1.165, 1.54) is 64.2 Å². The molecule has 2 fully saturated rings. The highest BCUT2D eigenvalue weighted by Gasteiger charge is 2.28. The fourth-order valence-corrected chi connectivity index (χ4v) is 2.99. The van der Waals surface area contributed by atoms with Gasteiger partial charge in [-0.2, -0.15) is 0 Å². The van der Waals surface area contributed by atoms with Gasteiger partial charge in [-0.1, -0.05) is 19.3 Å². The molecule has 1 aliphatic heterocycles. The molecule has 88 valence electrons. The van der Waals surface area contributed by atoms with Gasteiger partial charge in [0.1, 0.15) is 0 Å². The summed E-state index contributed by atoms with van der Waals surface area (Å²) in [4.78, 5) is 0. The van der Waals surface area contributed by atoms with Gasteiger partial charge in [0.05, 0.1) is 6.10 Å². The minimum Gasteiger partial charge on any atom is -0.378 e. The molecule has 0 bridgehead atoms. The molecule has 1 atom stereocenters. The van der Waals surface area contributed by atoms with Crippen molar-refractivity contribution in [3.8, 4) is 0 Å². The molecule has 0 amide bonds. The zero-order chi connectivity index (χ0) is 10.6. The zero-order valence-corrected chi connectivity index (χ0v) is 9.84. The molecule has 2 heteroatoms. The molecule has 0 aromatic carbocycles. The first-order valence-corrected chi connectivity index (χ1v) is 6.69. The average Bonchev–Trinajstić information content (AvgIpc) is 2.29. The quantitative estimate of drug-likeness (QED) is 0.779. The molecule has 2 rings (SSSR count). The van der Waals surface area contributed by atoms with Crippen molar-refractivity contribution in [3.05, 3.63) is 0 Å². The van der Waals surface area contributed by atoms with Gasteiger partial charge in [0, 0.05) is 12.1 Å². The molecule has 1 unspecified atom stereocenters. The smallest absolute Gasteiger partial charge is 0.0575 e. The van der Waals surface area contributed by atoms with Gasteiger partial charge in [-0.25, -0.2) is 0 Å². The van der Waals surface area contributed by atoms with Crippen molar-refractivity contribution in [1.29, 1.82) is 0 Å². The fourth-order valence-electron chi connectivity index (χ4n) is 2.99. The highest BCUT2D eigenvalue weighted by atomic mass is 16.5. The van der Waals surface area contributed by atoms with E-state index in [2.05, 4.69) is 0 Å². The minimum absolute atomic E-state index is 0.152. The van der Waals surface area contributed by atoms with Crippen LogP contribution in [-0.2, 0) is 4.74 Å². The van der Waals surface area contributed by atoms with E-state index in [1.54, 1.807) is 0 Å². The average molecular weight is 211 g/mol. The maximum atomic E-state index is 6.42. The first-order valence-electron chi connectivity index (χ1n) is 6.69. The molecular weight excluding hydrogens is 186 g/mol. The second-order valence-corrected chi connectivity index (χ2v) is 5.45. The SMILES string of the molecule is NC1(CCC2CCCCO2)CCCCC1. The van der Waals surface area contributed by atoms with Gasteiger partial charge in [-0.05, 0) is 44.9 Å². The van der Waals surface area contributed by atoms with E-state index >= 15 is 0 Å². The molecule has 0 radical (unpaired) electrons. The summed E-state index contributed by atoms with van der Waals surface area (Å²) >= 11 is 0. The maximum absolute atomic E-state index is 6.42. The van der Waals surface area contributed by atoms with Gasteiger partial charge in [-0.15, -0.1) is 0 Å². The predicted molar refractivity (Wildman–Crippen MR) is 62.8 cm³/mol. The van der Waals surface area contributed by atoms with Crippen molar-refractivity contribution in [3.63, 3.8) is 0 Å². The van der Waals surface area contributed by atoms with Crippen LogP contribution in [0.5, 0.6) is 0 Å². The molecule has 2 N–H and O–H groups in total. The van der Waals surface area contributed by atoms with Crippen molar-refractivity contribution in [2.75, 3.05) is 6.61 Å². The predicted octanol–water partition coefficient (Wildman–Crippen LogP) is 3.00. The van der Waals surface area contributed by atoms with E-state index in [4.69, 9.17) is 10.5 Å². The number of hydrogen-bond acceptors (Lipinski definition) is 2. The highest BCUT2D eigenvalue weighted by molar-refractivity contribution is 4.88. The normalized spacial score (nSPS) is 31.4. The molecule has 15 heavy (non-hydrogen) atoms. The molecule has 1 saturated heterocycles. The summed E-state index contributed by atoms with van der Waals surface area (Å²) in [5, 5.41) is 0. The van der Waals surface area contributed by atoms with Gasteiger partial charge < -0.3 is 10.5 Å². The van der Waals surface area contributed by atoms with E-state index in [0.29, 0.717) is 6.10 Å². The van der Waals surface area contributed by atoms with Gasteiger partial charge >= 0.3 is 0 Å². The number of hydrogen-bond donors (Lipinski definition) is 1. The van der Waals surface area contributed by atoms with Crippen LogP contribution in [0.3, 0.4) is 0 Å². The summed E-state index contributed by atoms with van der Waals surface area (Å²) < 4.78 is 5.76. The van der Waals surface area contributed by atoms with E-state index in [9.17, 15) is 0 Å². The zero-order valence-electron chi connectivity index (χ0n) is 9.84. The molecule has 1 aliphatic carbocycles. The lowest BCUT2D eigenvalue weighted by atomic mass is 9.78. The standard InChI is InChI=1S/C13H25NO/c14-13(8-3-1-4-9-13)10-7-12-6-2-5-11-15-12/h12H,1-11,14H2. The fraction of sp³-hybridized carbons (Fsp3) is 1.00. The monoisotopic (exact) mass is 211 g/mol. The summed E-state index contributed by atoms with van der Waals surface area (Å²) in [6.45, 7) is 0.974. The largest absolute Gasteiger partial charge is 0.378 e. The molecule has 0 aromatic heterocycles. The lowest BCUT2D eigenvalue weighted by Crippen LogP contribution is -2.42. The Bertz CT molecular complexity index is 181. The second-order valence-electron chi connectivity index (χ2n) is 5.45. The van der Waals surface area contributed by atoms with Gasteiger partial charge in [0.15, 0.2) is 0 Å². The first kappa shape index (κ1) is 11.4. The Morgan fingerprint density at radius 2 is 1.87 bits per heavy atom. The van der Waals surface area contributed by atoms with Crippen LogP contribution in [0.15, 0.2) is 0 Å². The van der Waals surface area contributed by atoms with Crippen LogP contribution < -0.4 is 5.73 Å². The first-order chi connectivity index (χ1) is 7.29. The van der Waals surface area contributed by atoms with Crippen LogP contribution in [0, 0.1) is 0 Å². The van der Waals surface area contributed by atoms with Crippen LogP contribution in [0.2, 0.25) is 0 Å². The van der Waals surface area contributed by atoms with Crippen LogP contribution in [0.25, 0.3) is 0 Å². The van der Waals surface area contributed by atoms with Crippen LogP contribution >= 0.6 is 0 Å². The third-order valence-corrected chi connectivity index (χ3v) is 4.09. The number of nitrogens with two attached hydrogens (primary N) is 1.